The SMILES string of the molecule is c1ccc(-c2cc(CC3CC3)cc3cccnc23)cc1. The summed E-state index contributed by atoms with van der Waals surface area (Å²) in [5.74, 6) is 0.910. The lowest BCUT2D eigenvalue weighted by Crippen LogP contribution is -1.91. The van der Waals surface area contributed by atoms with Crippen LogP contribution in [0.25, 0.3) is 22.0 Å². The first kappa shape index (κ1) is 11.7. The number of nitrogens with zero attached hydrogens (tertiary/aromatic N) is 1. The minimum Gasteiger partial charge on any atom is -0.256 e. The molecule has 1 heterocycles. The van der Waals surface area contributed by atoms with Crippen LogP contribution in [0.15, 0.2) is 60.8 Å². The molecule has 1 aromatic heterocycles. The molecule has 1 aliphatic carbocycles. The standard InChI is InChI=1S/C19H17N/c1-2-5-16(6-3-1)18-13-15(11-14-8-9-14)12-17-7-4-10-20-19(17)18/h1-7,10,12-14H,8-9,11H2. The molecule has 0 amide bonds. The average molecular weight is 259 g/mol. The topological polar surface area (TPSA) is 12.9 Å². The van der Waals surface area contributed by atoms with Gasteiger partial charge in [0.2, 0.25) is 0 Å². The van der Waals surface area contributed by atoms with E-state index in [4.69, 9.17) is 0 Å². The zero-order chi connectivity index (χ0) is 13.4. The summed E-state index contributed by atoms with van der Waals surface area (Å²) < 4.78 is 0. The lowest BCUT2D eigenvalue weighted by atomic mass is 9.97. The summed E-state index contributed by atoms with van der Waals surface area (Å²) in [5, 5.41) is 1.25. The molecule has 98 valence electrons. The van der Waals surface area contributed by atoms with Gasteiger partial charge < -0.3 is 0 Å². The number of rotatable bonds is 3. The molecule has 0 unspecified atom stereocenters. The molecule has 0 spiro atoms. The maximum absolute atomic E-state index is 4.59. The van der Waals surface area contributed by atoms with Gasteiger partial charge in [-0.15, -0.1) is 0 Å². The van der Waals surface area contributed by atoms with E-state index in [2.05, 4.69) is 53.5 Å². The average Bonchev–Trinajstić information content (AvgIpc) is 3.31. The predicted molar refractivity (Wildman–Crippen MR) is 83.6 cm³/mol. The van der Waals surface area contributed by atoms with Gasteiger partial charge >= 0.3 is 0 Å². The van der Waals surface area contributed by atoms with Crippen molar-refractivity contribution in [3.05, 3.63) is 66.4 Å². The Morgan fingerprint density at radius 1 is 0.950 bits per heavy atom. The van der Waals surface area contributed by atoms with Crippen molar-refractivity contribution >= 4 is 10.9 Å². The second-order valence-electron chi connectivity index (χ2n) is 5.73. The molecule has 2 aromatic carbocycles. The van der Waals surface area contributed by atoms with E-state index in [0.29, 0.717) is 0 Å². The lowest BCUT2D eigenvalue weighted by molar-refractivity contribution is 0.834. The maximum Gasteiger partial charge on any atom is 0.0780 e. The highest BCUT2D eigenvalue weighted by Gasteiger charge is 2.22. The summed E-state index contributed by atoms with van der Waals surface area (Å²) in [6, 6.07) is 19.4. The molecule has 0 saturated heterocycles. The molecule has 0 aliphatic heterocycles. The molecule has 0 bridgehead atoms. The van der Waals surface area contributed by atoms with Crippen LogP contribution in [0, 0.1) is 5.92 Å². The first-order chi connectivity index (χ1) is 9.90. The van der Waals surface area contributed by atoms with E-state index in [1.54, 1.807) is 0 Å². The second kappa shape index (κ2) is 4.75. The van der Waals surface area contributed by atoms with Crippen LogP contribution in [-0.4, -0.2) is 4.98 Å². The van der Waals surface area contributed by atoms with Crippen LogP contribution in [0.1, 0.15) is 18.4 Å². The van der Waals surface area contributed by atoms with Gasteiger partial charge in [-0.25, -0.2) is 0 Å². The minimum absolute atomic E-state index is 0.910. The Bertz CT molecular complexity index is 742. The van der Waals surface area contributed by atoms with Crippen LogP contribution in [-0.2, 0) is 6.42 Å². The molecule has 0 radical (unpaired) electrons. The predicted octanol–water partition coefficient (Wildman–Crippen LogP) is 4.85. The number of hydrogen-bond donors (Lipinski definition) is 0. The largest absolute Gasteiger partial charge is 0.256 e. The number of aromatic nitrogens is 1. The Morgan fingerprint density at radius 3 is 2.60 bits per heavy atom. The van der Waals surface area contributed by atoms with Crippen LogP contribution in [0.2, 0.25) is 0 Å². The van der Waals surface area contributed by atoms with Crippen molar-refractivity contribution in [3.63, 3.8) is 0 Å². The summed E-state index contributed by atoms with van der Waals surface area (Å²) in [5.41, 5.74) is 5.08. The maximum atomic E-state index is 4.59. The first-order valence-electron chi connectivity index (χ1n) is 7.33. The van der Waals surface area contributed by atoms with Crippen molar-refractivity contribution in [2.45, 2.75) is 19.3 Å². The summed E-state index contributed by atoms with van der Waals surface area (Å²) in [6.07, 6.45) is 5.89. The molecule has 1 saturated carbocycles. The van der Waals surface area contributed by atoms with Crippen LogP contribution in [0.3, 0.4) is 0 Å². The molecule has 0 atom stereocenters. The van der Waals surface area contributed by atoms with E-state index in [1.807, 2.05) is 12.3 Å². The zero-order valence-electron chi connectivity index (χ0n) is 11.4. The molecular formula is C19H17N. The Kier molecular flexibility index (Phi) is 2.77. The van der Waals surface area contributed by atoms with Gasteiger partial charge in [-0.2, -0.15) is 0 Å². The van der Waals surface area contributed by atoms with Gasteiger partial charge in [0.25, 0.3) is 0 Å². The highest BCUT2D eigenvalue weighted by atomic mass is 14.6. The van der Waals surface area contributed by atoms with Crippen LogP contribution in [0.4, 0.5) is 0 Å². The Labute approximate surface area is 119 Å². The fourth-order valence-corrected chi connectivity index (χ4v) is 2.87. The Balaban J connectivity index is 1.91. The van der Waals surface area contributed by atoms with Crippen molar-refractivity contribution in [2.24, 2.45) is 5.92 Å². The fourth-order valence-electron chi connectivity index (χ4n) is 2.87. The molecule has 1 nitrogen and oxygen atoms in total. The van der Waals surface area contributed by atoms with Crippen molar-refractivity contribution in [1.29, 1.82) is 0 Å². The highest BCUT2D eigenvalue weighted by molar-refractivity contribution is 5.94. The molecule has 4 rings (SSSR count). The molecule has 0 N–H and O–H groups in total. The van der Waals surface area contributed by atoms with Crippen molar-refractivity contribution in [3.8, 4) is 11.1 Å². The van der Waals surface area contributed by atoms with Gasteiger partial charge in [-0.3, -0.25) is 4.98 Å². The van der Waals surface area contributed by atoms with Crippen molar-refractivity contribution < 1.29 is 0 Å². The van der Waals surface area contributed by atoms with Gasteiger partial charge in [-0.1, -0.05) is 36.4 Å². The zero-order valence-corrected chi connectivity index (χ0v) is 11.4. The second-order valence-corrected chi connectivity index (χ2v) is 5.73. The highest BCUT2D eigenvalue weighted by Crippen LogP contribution is 2.35. The number of benzene rings is 2. The van der Waals surface area contributed by atoms with E-state index in [1.165, 1.54) is 41.3 Å². The van der Waals surface area contributed by atoms with E-state index in [-0.39, 0.29) is 0 Å². The van der Waals surface area contributed by atoms with Gasteiger partial charge in [0.15, 0.2) is 0 Å². The van der Waals surface area contributed by atoms with Gasteiger partial charge in [-0.05, 0) is 54.5 Å². The molecule has 1 fully saturated rings. The quantitative estimate of drug-likeness (QED) is 0.655. The molecule has 20 heavy (non-hydrogen) atoms. The van der Waals surface area contributed by atoms with Gasteiger partial charge in [0, 0.05) is 17.1 Å². The summed E-state index contributed by atoms with van der Waals surface area (Å²) in [4.78, 5) is 4.59. The summed E-state index contributed by atoms with van der Waals surface area (Å²) >= 11 is 0. The monoisotopic (exact) mass is 259 g/mol. The summed E-state index contributed by atoms with van der Waals surface area (Å²) in [7, 11) is 0. The molecule has 1 heteroatoms. The van der Waals surface area contributed by atoms with Crippen LogP contribution in [0.5, 0.6) is 0 Å². The molecule has 1 aliphatic rings. The van der Waals surface area contributed by atoms with E-state index in [9.17, 15) is 0 Å². The molecule has 3 aromatic rings. The minimum atomic E-state index is 0.910. The summed E-state index contributed by atoms with van der Waals surface area (Å²) in [6.45, 7) is 0. The van der Waals surface area contributed by atoms with E-state index in [0.717, 1.165) is 11.4 Å². The van der Waals surface area contributed by atoms with Crippen molar-refractivity contribution in [1.82, 2.24) is 4.98 Å². The third-order valence-electron chi connectivity index (χ3n) is 4.07. The van der Waals surface area contributed by atoms with Crippen LogP contribution < -0.4 is 0 Å². The lowest BCUT2D eigenvalue weighted by Gasteiger charge is -2.09. The van der Waals surface area contributed by atoms with Gasteiger partial charge in [0.1, 0.15) is 0 Å². The normalized spacial score (nSPS) is 14.6. The third kappa shape index (κ3) is 2.20. The first-order valence-corrected chi connectivity index (χ1v) is 7.33. The van der Waals surface area contributed by atoms with Crippen LogP contribution >= 0.6 is 0 Å². The number of hydrogen-bond acceptors (Lipinski definition) is 1. The van der Waals surface area contributed by atoms with E-state index < -0.39 is 0 Å². The Morgan fingerprint density at radius 2 is 1.80 bits per heavy atom. The third-order valence-corrected chi connectivity index (χ3v) is 4.07. The molecular weight excluding hydrogens is 242 g/mol. The smallest absolute Gasteiger partial charge is 0.0780 e. The van der Waals surface area contributed by atoms with E-state index >= 15 is 0 Å². The van der Waals surface area contributed by atoms with Crippen molar-refractivity contribution in [2.75, 3.05) is 0 Å². The van der Waals surface area contributed by atoms with Gasteiger partial charge in [0.05, 0.1) is 5.52 Å². The Hall–Kier alpha value is -2.15. The number of fused-ring (bicyclic) bond motifs is 1. The number of pyridine rings is 1. The fraction of sp³-hybridized carbons (Fsp3) is 0.211.